The number of piperidine rings is 1. The van der Waals surface area contributed by atoms with Gasteiger partial charge in [0.1, 0.15) is 5.75 Å². The van der Waals surface area contributed by atoms with Crippen LogP contribution in [0.25, 0.3) is 0 Å². The van der Waals surface area contributed by atoms with E-state index < -0.39 is 0 Å². The largest absolute Gasteiger partial charge is 0.497 e. The number of rotatable bonds is 5. The molecule has 0 aromatic heterocycles. The minimum atomic E-state index is -0.0549. The van der Waals surface area contributed by atoms with E-state index in [1.54, 1.807) is 31.4 Å². The predicted octanol–water partition coefficient (Wildman–Crippen LogP) is 3.33. The van der Waals surface area contributed by atoms with E-state index in [9.17, 15) is 9.59 Å². The van der Waals surface area contributed by atoms with Crippen molar-refractivity contribution in [2.75, 3.05) is 38.2 Å². The first-order valence-electron chi connectivity index (χ1n) is 10.7. The van der Waals surface area contributed by atoms with Gasteiger partial charge in [-0.05, 0) is 62.1 Å². The number of para-hydroxylation sites is 1. The number of hydrogen-bond donors (Lipinski definition) is 1. The Morgan fingerprint density at radius 1 is 0.933 bits per heavy atom. The standard InChI is InChI=1S/C24H29N3O3/c1-30-20-10-8-18(9-11-20)23(28)25-19-12-16-26(17-13-19)22-7-3-2-6-21(22)24(29)27-14-4-5-15-27/h2-3,6-11,19H,4-5,12-17H2,1H3,(H,25,28). The van der Waals surface area contributed by atoms with Crippen LogP contribution in [0.15, 0.2) is 48.5 Å². The lowest BCUT2D eigenvalue weighted by atomic mass is 10.0. The summed E-state index contributed by atoms with van der Waals surface area (Å²) in [6.45, 7) is 3.34. The average Bonchev–Trinajstić information content (AvgIpc) is 3.34. The summed E-state index contributed by atoms with van der Waals surface area (Å²) in [4.78, 5) is 29.7. The van der Waals surface area contributed by atoms with Gasteiger partial charge in [-0.25, -0.2) is 0 Å². The summed E-state index contributed by atoms with van der Waals surface area (Å²) in [5, 5.41) is 3.15. The highest BCUT2D eigenvalue weighted by Gasteiger charge is 2.26. The summed E-state index contributed by atoms with van der Waals surface area (Å²) >= 11 is 0. The maximum Gasteiger partial charge on any atom is 0.255 e. The molecule has 0 atom stereocenters. The van der Waals surface area contributed by atoms with Gasteiger partial charge in [-0.3, -0.25) is 9.59 Å². The Morgan fingerprint density at radius 3 is 2.27 bits per heavy atom. The van der Waals surface area contributed by atoms with Crippen LogP contribution in [-0.2, 0) is 0 Å². The van der Waals surface area contributed by atoms with Gasteiger partial charge in [0.25, 0.3) is 11.8 Å². The molecular formula is C24H29N3O3. The van der Waals surface area contributed by atoms with Gasteiger partial charge in [0, 0.05) is 43.5 Å². The zero-order chi connectivity index (χ0) is 20.9. The average molecular weight is 408 g/mol. The number of nitrogens with one attached hydrogen (secondary N) is 1. The highest BCUT2D eigenvalue weighted by molar-refractivity contribution is 6.00. The molecule has 2 aliphatic rings. The third kappa shape index (κ3) is 4.42. The van der Waals surface area contributed by atoms with E-state index in [4.69, 9.17) is 4.74 Å². The van der Waals surface area contributed by atoms with Crippen molar-refractivity contribution in [1.82, 2.24) is 10.2 Å². The first-order chi connectivity index (χ1) is 14.7. The number of likely N-dealkylation sites (tertiary alicyclic amines) is 1. The van der Waals surface area contributed by atoms with Crippen LogP contribution in [0, 0.1) is 0 Å². The molecule has 2 amide bonds. The van der Waals surface area contributed by atoms with Crippen molar-refractivity contribution < 1.29 is 14.3 Å². The van der Waals surface area contributed by atoms with E-state index >= 15 is 0 Å². The SMILES string of the molecule is COc1ccc(C(=O)NC2CCN(c3ccccc3C(=O)N3CCCC3)CC2)cc1. The first kappa shape index (κ1) is 20.3. The molecule has 6 nitrogen and oxygen atoms in total. The lowest BCUT2D eigenvalue weighted by molar-refractivity contribution is 0.0793. The maximum atomic E-state index is 13.0. The molecule has 2 aliphatic heterocycles. The highest BCUT2D eigenvalue weighted by Crippen LogP contribution is 2.26. The molecule has 0 unspecified atom stereocenters. The Bertz CT molecular complexity index is 883. The molecule has 2 heterocycles. The van der Waals surface area contributed by atoms with E-state index in [1.165, 1.54) is 0 Å². The van der Waals surface area contributed by atoms with Crippen LogP contribution in [0.4, 0.5) is 5.69 Å². The van der Waals surface area contributed by atoms with Gasteiger partial charge in [-0.15, -0.1) is 0 Å². The van der Waals surface area contributed by atoms with E-state index in [2.05, 4.69) is 10.2 Å². The van der Waals surface area contributed by atoms with E-state index in [0.717, 1.165) is 68.9 Å². The Hall–Kier alpha value is -3.02. The zero-order valence-electron chi connectivity index (χ0n) is 17.5. The van der Waals surface area contributed by atoms with E-state index in [0.29, 0.717) is 5.56 Å². The molecule has 4 rings (SSSR count). The monoisotopic (exact) mass is 407 g/mol. The van der Waals surface area contributed by atoms with Crippen LogP contribution >= 0.6 is 0 Å². The zero-order valence-corrected chi connectivity index (χ0v) is 17.5. The molecule has 2 fully saturated rings. The number of carbonyl (C=O) groups is 2. The normalized spacial score (nSPS) is 17.1. The highest BCUT2D eigenvalue weighted by atomic mass is 16.5. The molecule has 2 saturated heterocycles. The van der Waals surface area contributed by atoms with Crippen molar-refractivity contribution in [3.05, 3.63) is 59.7 Å². The number of hydrogen-bond acceptors (Lipinski definition) is 4. The molecule has 2 aromatic rings. The van der Waals surface area contributed by atoms with Crippen molar-refractivity contribution in [1.29, 1.82) is 0 Å². The molecule has 0 aliphatic carbocycles. The topological polar surface area (TPSA) is 61.9 Å². The van der Waals surface area contributed by atoms with Gasteiger partial charge < -0.3 is 19.9 Å². The number of nitrogens with zero attached hydrogens (tertiary/aromatic N) is 2. The van der Waals surface area contributed by atoms with Crippen molar-refractivity contribution in [2.24, 2.45) is 0 Å². The van der Waals surface area contributed by atoms with Gasteiger partial charge in [-0.1, -0.05) is 12.1 Å². The van der Waals surface area contributed by atoms with Gasteiger partial charge >= 0.3 is 0 Å². The fourth-order valence-corrected chi connectivity index (χ4v) is 4.30. The van der Waals surface area contributed by atoms with Crippen molar-refractivity contribution in [3.8, 4) is 5.75 Å². The van der Waals surface area contributed by atoms with Crippen LogP contribution in [0.3, 0.4) is 0 Å². The summed E-state index contributed by atoms with van der Waals surface area (Å²) in [7, 11) is 1.61. The number of anilines is 1. The number of methoxy groups -OCH3 is 1. The number of carbonyl (C=O) groups excluding carboxylic acids is 2. The van der Waals surface area contributed by atoms with Crippen LogP contribution in [0.2, 0.25) is 0 Å². The molecule has 0 radical (unpaired) electrons. The molecule has 2 aromatic carbocycles. The third-order valence-electron chi connectivity index (χ3n) is 6.05. The van der Waals surface area contributed by atoms with Crippen LogP contribution < -0.4 is 15.0 Å². The summed E-state index contributed by atoms with van der Waals surface area (Å²) in [6, 6.07) is 15.2. The summed E-state index contributed by atoms with van der Waals surface area (Å²) < 4.78 is 5.15. The Morgan fingerprint density at radius 2 is 1.60 bits per heavy atom. The number of amides is 2. The van der Waals surface area contributed by atoms with Crippen molar-refractivity contribution >= 4 is 17.5 Å². The van der Waals surface area contributed by atoms with Gasteiger partial charge in [0.2, 0.25) is 0 Å². The molecule has 0 bridgehead atoms. The van der Waals surface area contributed by atoms with Gasteiger partial charge in [0.15, 0.2) is 0 Å². The van der Waals surface area contributed by atoms with Crippen molar-refractivity contribution in [3.63, 3.8) is 0 Å². The maximum absolute atomic E-state index is 13.0. The molecule has 0 saturated carbocycles. The fraction of sp³-hybridized carbons (Fsp3) is 0.417. The second-order valence-electron chi connectivity index (χ2n) is 7.98. The quantitative estimate of drug-likeness (QED) is 0.826. The second kappa shape index (κ2) is 9.20. The fourth-order valence-electron chi connectivity index (χ4n) is 4.30. The molecule has 6 heteroatoms. The molecule has 30 heavy (non-hydrogen) atoms. The minimum absolute atomic E-state index is 0.0549. The summed E-state index contributed by atoms with van der Waals surface area (Å²) in [5.74, 6) is 0.820. The van der Waals surface area contributed by atoms with E-state index in [-0.39, 0.29) is 17.9 Å². The Kier molecular flexibility index (Phi) is 6.21. The number of ether oxygens (including phenoxy) is 1. The van der Waals surface area contributed by atoms with Gasteiger partial charge in [-0.2, -0.15) is 0 Å². The van der Waals surface area contributed by atoms with Crippen LogP contribution in [0.5, 0.6) is 5.75 Å². The minimum Gasteiger partial charge on any atom is -0.497 e. The second-order valence-corrected chi connectivity index (χ2v) is 7.98. The molecular weight excluding hydrogens is 378 g/mol. The number of benzene rings is 2. The molecule has 0 spiro atoms. The first-order valence-corrected chi connectivity index (χ1v) is 10.7. The lowest BCUT2D eigenvalue weighted by Crippen LogP contribution is -2.45. The van der Waals surface area contributed by atoms with Gasteiger partial charge in [0.05, 0.1) is 12.7 Å². The van der Waals surface area contributed by atoms with Crippen LogP contribution in [-0.4, -0.2) is 56.0 Å². The third-order valence-corrected chi connectivity index (χ3v) is 6.05. The lowest BCUT2D eigenvalue weighted by Gasteiger charge is -2.35. The smallest absolute Gasteiger partial charge is 0.255 e. The Labute approximate surface area is 177 Å². The molecule has 158 valence electrons. The van der Waals surface area contributed by atoms with Crippen molar-refractivity contribution in [2.45, 2.75) is 31.7 Å². The Balaban J connectivity index is 1.36. The summed E-state index contributed by atoms with van der Waals surface area (Å²) in [5.41, 5.74) is 2.44. The van der Waals surface area contributed by atoms with Crippen LogP contribution in [0.1, 0.15) is 46.4 Å². The summed E-state index contributed by atoms with van der Waals surface area (Å²) in [6.07, 6.45) is 3.89. The molecule has 1 N–H and O–H groups in total. The van der Waals surface area contributed by atoms with E-state index in [1.807, 2.05) is 29.2 Å². The predicted molar refractivity (Wildman–Crippen MR) is 117 cm³/mol.